The Morgan fingerprint density at radius 2 is 2.10 bits per heavy atom. The fourth-order valence-electron chi connectivity index (χ4n) is 1.27. The average Bonchev–Trinajstić information content (AvgIpc) is 2.13. The molecule has 1 fully saturated rings. The summed E-state index contributed by atoms with van der Waals surface area (Å²) >= 11 is 0. The van der Waals surface area contributed by atoms with Gasteiger partial charge in [-0.15, -0.1) is 0 Å². The molecule has 1 aliphatic heterocycles. The first-order chi connectivity index (χ1) is 4.84. The summed E-state index contributed by atoms with van der Waals surface area (Å²) in [6.45, 7) is 1.86. The van der Waals surface area contributed by atoms with Gasteiger partial charge < -0.3 is 15.2 Å². The third-order valence-corrected chi connectivity index (χ3v) is 1.95. The molecule has 0 aromatic rings. The molecule has 0 amide bonds. The highest BCUT2D eigenvalue weighted by Gasteiger charge is 2.19. The zero-order valence-electron chi connectivity index (χ0n) is 6.34. The summed E-state index contributed by atoms with van der Waals surface area (Å²) in [5, 5.41) is 12.6. The van der Waals surface area contributed by atoms with Gasteiger partial charge in [-0.05, 0) is 25.9 Å². The number of aliphatic hydroxyl groups is 1. The van der Waals surface area contributed by atoms with E-state index in [2.05, 4.69) is 5.32 Å². The molecule has 0 spiro atoms. The number of hydrogen-bond donors (Lipinski definition) is 2. The second-order valence-corrected chi connectivity index (χ2v) is 2.67. The van der Waals surface area contributed by atoms with Crippen LogP contribution in [-0.2, 0) is 4.74 Å². The summed E-state index contributed by atoms with van der Waals surface area (Å²) in [5.74, 6) is 0. The lowest BCUT2D eigenvalue weighted by Gasteiger charge is -2.17. The molecule has 0 bridgehead atoms. The topological polar surface area (TPSA) is 41.5 Å². The highest BCUT2D eigenvalue weighted by atomic mass is 16.5. The first kappa shape index (κ1) is 7.98. The van der Waals surface area contributed by atoms with E-state index in [0.717, 1.165) is 25.9 Å². The van der Waals surface area contributed by atoms with E-state index in [1.54, 1.807) is 7.11 Å². The van der Waals surface area contributed by atoms with Crippen LogP contribution in [0.1, 0.15) is 12.8 Å². The van der Waals surface area contributed by atoms with Crippen molar-refractivity contribution in [3.8, 4) is 0 Å². The lowest BCUT2D eigenvalue weighted by Crippen LogP contribution is -2.27. The summed E-state index contributed by atoms with van der Waals surface area (Å²) in [5.41, 5.74) is 0. The van der Waals surface area contributed by atoms with E-state index < -0.39 is 0 Å². The predicted octanol–water partition coefficient (Wildman–Crippen LogP) is -0.254. The number of nitrogens with one attached hydrogen (secondary N) is 1. The molecule has 1 unspecified atom stereocenters. The van der Waals surface area contributed by atoms with Crippen molar-refractivity contribution >= 4 is 0 Å². The van der Waals surface area contributed by atoms with Gasteiger partial charge in [0.05, 0.1) is 12.2 Å². The maximum atomic E-state index is 9.38. The van der Waals surface area contributed by atoms with Gasteiger partial charge in [0.25, 0.3) is 0 Å². The number of hydrogen-bond acceptors (Lipinski definition) is 3. The average molecular weight is 145 g/mol. The van der Waals surface area contributed by atoms with Crippen LogP contribution in [0.4, 0.5) is 0 Å². The van der Waals surface area contributed by atoms with Gasteiger partial charge in [0.2, 0.25) is 0 Å². The van der Waals surface area contributed by atoms with Gasteiger partial charge in [0.15, 0.2) is 0 Å². The van der Waals surface area contributed by atoms with Gasteiger partial charge in [-0.3, -0.25) is 0 Å². The van der Waals surface area contributed by atoms with Crippen molar-refractivity contribution in [2.24, 2.45) is 0 Å². The smallest absolute Gasteiger partial charge is 0.0842 e. The Morgan fingerprint density at radius 3 is 2.80 bits per heavy atom. The molecule has 2 atom stereocenters. The molecule has 1 heterocycles. The van der Waals surface area contributed by atoms with Crippen molar-refractivity contribution in [3.63, 3.8) is 0 Å². The molecule has 1 rings (SSSR count). The standard InChI is InChI=1S/C7H15NO2/c1-10-7-3-5-8-4-2-6(7)9/h6-9H,2-5H2,1H3/t6?,7-/m0/s1. The molecule has 3 nitrogen and oxygen atoms in total. The van der Waals surface area contributed by atoms with Crippen LogP contribution in [-0.4, -0.2) is 37.5 Å². The second kappa shape index (κ2) is 3.91. The molecule has 0 saturated carbocycles. The highest BCUT2D eigenvalue weighted by molar-refractivity contribution is 4.74. The summed E-state index contributed by atoms with van der Waals surface area (Å²) in [4.78, 5) is 0. The molecule has 1 aliphatic rings. The van der Waals surface area contributed by atoms with Crippen molar-refractivity contribution in [3.05, 3.63) is 0 Å². The molecule has 0 aliphatic carbocycles. The number of aliphatic hydroxyl groups excluding tert-OH is 1. The van der Waals surface area contributed by atoms with Crippen molar-refractivity contribution in [2.75, 3.05) is 20.2 Å². The third kappa shape index (κ3) is 1.94. The number of ether oxygens (including phenoxy) is 1. The minimum Gasteiger partial charge on any atom is -0.390 e. The molecular weight excluding hydrogens is 130 g/mol. The first-order valence-electron chi connectivity index (χ1n) is 3.76. The zero-order valence-corrected chi connectivity index (χ0v) is 6.34. The SMILES string of the molecule is CO[C@H]1CCNCCC1O. The molecular formula is C7H15NO2. The Kier molecular flexibility index (Phi) is 3.12. The van der Waals surface area contributed by atoms with Gasteiger partial charge >= 0.3 is 0 Å². The van der Waals surface area contributed by atoms with Crippen LogP contribution >= 0.6 is 0 Å². The molecule has 0 aromatic heterocycles. The molecule has 10 heavy (non-hydrogen) atoms. The maximum absolute atomic E-state index is 9.38. The van der Waals surface area contributed by atoms with Crippen LogP contribution in [0, 0.1) is 0 Å². The highest BCUT2D eigenvalue weighted by Crippen LogP contribution is 2.08. The molecule has 1 saturated heterocycles. The normalized spacial score (nSPS) is 35.4. The Labute approximate surface area is 61.4 Å². The summed E-state index contributed by atoms with van der Waals surface area (Å²) in [6, 6.07) is 0. The number of methoxy groups -OCH3 is 1. The van der Waals surface area contributed by atoms with E-state index in [0.29, 0.717) is 0 Å². The van der Waals surface area contributed by atoms with Crippen LogP contribution < -0.4 is 5.32 Å². The first-order valence-corrected chi connectivity index (χ1v) is 3.76. The molecule has 0 radical (unpaired) electrons. The maximum Gasteiger partial charge on any atom is 0.0842 e. The van der Waals surface area contributed by atoms with E-state index in [9.17, 15) is 5.11 Å². The third-order valence-electron chi connectivity index (χ3n) is 1.95. The van der Waals surface area contributed by atoms with Crippen LogP contribution in [0.2, 0.25) is 0 Å². The fourth-order valence-corrected chi connectivity index (χ4v) is 1.27. The zero-order chi connectivity index (χ0) is 7.40. The van der Waals surface area contributed by atoms with Crippen molar-refractivity contribution in [1.29, 1.82) is 0 Å². The molecule has 3 heteroatoms. The van der Waals surface area contributed by atoms with Crippen molar-refractivity contribution < 1.29 is 9.84 Å². The van der Waals surface area contributed by atoms with E-state index in [1.165, 1.54) is 0 Å². The van der Waals surface area contributed by atoms with Crippen LogP contribution in [0.5, 0.6) is 0 Å². The van der Waals surface area contributed by atoms with Crippen LogP contribution in [0.25, 0.3) is 0 Å². The van der Waals surface area contributed by atoms with Gasteiger partial charge in [0.1, 0.15) is 0 Å². The fraction of sp³-hybridized carbons (Fsp3) is 1.00. The molecule has 2 N–H and O–H groups in total. The summed E-state index contributed by atoms with van der Waals surface area (Å²) in [6.07, 6.45) is 1.48. The van der Waals surface area contributed by atoms with Gasteiger partial charge in [-0.1, -0.05) is 0 Å². The van der Waals surface area contributed by atoms with Crippen molar-refractivity contribution in [2.45, 2.75) is 25.0 Å². The molecule has 60 valence electrons. The summed E-state index contributed by atoms with van der Waals surface area (Å²) < 4.78 is 5.09. The van der Waals surface area contributed by atoms with E-state index >= 15 is 0 Å². The Hall–Kier alpha value is -0.120. The van der Waals surface area contributed by atoms with Crippen LogP contribution in [0.15, 0.2) is 0 Å². The lowest BCUT2D eigenvalue weighted by atomic mass is 10.1. The minimum absolute atomic E-state index is 0.0370. The van der Waals surface area contributed by atoms with E-state index in [4.69, 9.17) is 4.74 Å². The lowest BCUT2D eigenvalue weighted by molar-refractivity contribution is -0.0122. The van der Waals surface area contributed by atoms with Gasteiger partial charge in [0, 0.05) is 7.11 Å². The second-order valence-electron chi connectivity index (χ2n) is 2.67. The quantitative estimate of drug-likeness (QED) is 0.534. The van der Waals surface area contributed by atoms with Crippen molar-refractivity contribution in [1.82, 2.24) is 5.32 Å². The number of rotatable bonds is 1. The van der Waals surface area contributed by atoms with E-state index in [-0.39, 0.29) is 12.2 Å². The monoisotopic (exact) mass is 145 g/mol. The van der Waals surface area contributed by atoms with Gasteiger partial charge in [-0.25, -0.2) is 0 Å². The van der Waals surface area contributed by atoms with Crippen LogP contribution in [0.3, 0.4) is 0 Å². The van der Waals surface area contributed by atoms with E-state index in [1.807, 2.05) is 0 Å². The predicted molar refractivity (Wildman–Crippen MR) is 38.9 cm³/mol. The Morgan fingerprint density at radius 1 is 1.40 bits per heavy atom. The largest absolute Gasteiger partial charge is 0.390 e. The Bertz CT molecular complexity index is 97.6. The van der Waals surface area contributed by atoms with Gasteiger partial charge in [-0.2, -0.15) is 0 Å². The summed E-state index contributed by atoms with van der Waals surface area (Å²) in [7, 11) is 1.65. The Balaban J connectivity index is 2.35. The minimum atomic E-state index is -0.278. The molecule has 0 aromatic carbocycles.